The lowest BCUT2D eigenvalue weighted by Crippen LogP contribution is -2.45. The molecule has 26 heavy (non-hydrogen) atoms. The molecule has 1 unspecified atom stereocenters. The largest absolute Gasteiger partial charge is 0.379 e. The summed E-state index contributed by atoms with van der Waals surface area (Å²) in [5.41, 5.74) is 0. The van der Waals surface area contributed by atoms with Gasteiger partial charge in [-0.1, -0.05) is 6.07 Å². The molecule has 2 aromatic rings. The average Bonchev–Trinajstić information content (AvgIpc) is 3.31. The topological polar surface area (TPSA) is 48.9 Å². The number of hydrogen-bond acceptors (Lipinski definition) is 5. The van der Waals surface area contributed by atoms with Crippen molar-refractivity contribution in [3.63, 3.8) is 0 Å². The lowest BCUT2D eigenvalue weighted by molar-refractivity contribution is 0.0177. The van der Waals surface area contributed by atoms with Crippen LogP contribution < -0.4 is 10.6 Å². The Morgan fingerprint density at radius 2 is 2.08 bits per heavy atom. The van der Waals surface area contributed by atoms with E-state index in [0.717, 1.165) is 45.4 Å². The zero-order valence-corrected chi connectivity index (χ0v) is 19.2. The molecular formula is C18H27IN4OS2. The maximum Gasteiger partial charge on any atom is 0.191 e. The lowest BCUT2D eigenvalue weighted by atomic mass is 10.2. The first-order chi connectivity index (χ1) is 12.3. The van der Waals surface area contributed by atoms with Crippen LogP contribution in [-0.4, -0.2) is 50.8 Å². The molecule has 0 amide bonds. The van der Waals surface area contributed by atoms with Gasteiger partial charge in [-0.3, -0.25) is 9.89 Å². The van der Waals surface area contributed by atoms with E-state index >= 15 is 0 Å². The second-order valence-electron chi connectivity index (χ2n) is 6.00. The molecule has 1 aliphatic rings. The zero-order chi connectivity index (χ0) is 17.5. The highest BCUT2D eigenvalue weighted by Gasteiger charge is 2.23. The van der Waals surface area contributed by atoms with Crippen LogP contribution in [0.15, 0.2) is 34.6 Å². The standard InChI is InChI=1S/C18H26N4OS2.HI/c1-14-5-6-15(25-14)12-20-18(19-2)21-13-16(17-4-3-11-24-17)22-7-9-23-10-8-22;/h3-6,11,16H,7-10,12-13H2,1-2H3,(H2,19,20,21);1H. The molecule has 0 saturated carbocycles. The minimum atomic E-state index is 0. The second kappa shape index (κ2) is 11.2. The van der Waals surface area contributed by atoms with Crippen molar-refractivity contribution in [1.29, 1.82) is 0 Å². The summed E-state index contributed by atoms with van der Waals surface area (Å²) in [6, 6.07) is 9.02. The summed E-state index contributed by atoms with van der Waals surface area (Å²) in [5, 5.41) is 9.06. The van der Waals surface area contributed by atoms with Gasteiger partial charge in [0.15, 0.2) is 5.96 Å². The molecule has 0 aliphatic carbocycles. The monoisotopic (exact) mass is 506 g/mol. The molecule has 0 bridgehead atoms. The highest BCUT2D eigenvalue weighted by Crippen LogP contribution is 2.25. The number of thiophene rings is 2. The number of aliphatic imine (C=N–C) groups is 1. The smallest absolute Gasteiger partial charge is 0.191 e. The number of morpholine rings is 1. The number of nitrogens with zero attached hydrogens (tertiary/aromatic N) is 2. The minimum Gasteiger partial charge on any atom is -0.379 e. The first-order valence-corrected chi connectivity index (χ1v) is 10.3. The van der Waals surface area contributed by atoms with Gasteiger partial charge >= 0.3 is 0 Å². The number of nitrogens with one attached hydrogen (secondary N) is 2. The van der Waals surface area contributed by atoms with Gasteiger partial charge in [0.25, 0.3) is 0 Å². The Morgan fingerprint density at radius 1 is 1.27 bits per heavy atom. The van der Waals surface area contributed by atoms with Crippen molar-refractivity contribution in [2.45, 2.75) is 19.5 Å². The predicted molar refractivity (Wildman–Crippen MR) is 122 cm³/mol. The van der Waals surface area contributed by atoms with Gasteiger partial charge in [-0.2, -0.15) is 0 Å². The van der Waals surface area contributed by atoms with Crippen molar-refractivity contribution < 1.29 is 4.74 Å². The molecule has 2 aromatic heterocycles. The molecule has 3 rings (SSSR count). The van der Waals surface area contributed by atoms with E-state index in [4.69, 9.17) is 4.74 Å². The van der Waals surface area contributed by atoms with E-state index in [-0.39, 0.29) is 24.0 Å². The van der Waals surface area contributed by atoms with Gasteiger partial charge < -0.3 is 15.4 Å². The van der Waals surface area contributed by atoms with Crippen LogP contribution in [0.5, 0.6) is 0 Å². The Balaban J connectivity index is 0.00000243. The van der Waals surface area contributed by atoms with Crippen molar-refractivity contribution in [3.8, 4) is 0 Å². The van der Waals surface area contributed by atoms with Crippen molar-refractivity contribution in [1.82, 2.24) is 15.5 Å². The number of aryl methyl sites for hydroxylation is 1. The molecule has 0 radical (unpaired) electrons. The summed E-state index contributed by atoms with van der Waals surface area (Å²) in [4.78, 5) is 10.9. The summed E-state index contributed by atoms with van der Waals surface area (Å²) < 4.78 is 5.51. The SMILES string of the molecule is CN=C(NCc1ccc(C)s1)NCC(c1cccs1)N1CCOCC1.I. The second-order valence-corrected chi connectivity index (χ2v) is 8.35. The quantitative estimate of drug-likeness (QED) is 0.358. The van der Waals surface area contributed by atoms with Gasteiger partial charge in [0.2, 0.25) is 0 Å². The number of guanidine groups is 1. The van der Waals surface area contributed by atoms with Gasteiger partial charge in [-0.25, -0.2) is 0 Å². The fraction of sp³-hybridized carbons (Fsp3) is 0.500. The molecule has 1 saturated heterocycles. The summed E-state index contributed by atoms with van der Waals surface area (Å²) >= 11 is 3.64. The summed E-state index contributed by atoms with van der Waals surface area (Å²) in [6.07, 6.45) is 0. The Labute approximate surface area is 180 Å². The first-order valence-electron chi connectivity index (χ1n) is 8.61. The van der Waals surface area contributed by atoms with E-state index in [1.165, 1.54) is 14.6 Å². The zero-order valence-electron chi connectivity index (χ0n) is 15.2. The van der Waals surface area contributed by atoms with E-state index in [0.29, 0.717) is 6.04 Å². The fourth-order valence-electron chi connectivity index (χ4n) is 2.94. The molecular weight excluding hydrogens is 479 g/mol. The van der Waals surface area contributed by atoms with Crippen LogP contribution in [-0.2, 0) is 11.3 Å². The number of ether oxygens (including phenoxy) is 1. The molecule has 0 spiro atoms. The van der Waals surface area contributed by atoms with E-state index < -0.39 is 0 Å². The highest BCUT2D eigenvalue weighted by molar-refractivity contribution is 14.0. The van der Waals surface area contributed by atoms with E-state index in [9.17, 15) is 0 Å². The lowest BCUT2D eigenvalue weighted by Gasteiger charge is -2.34. The Bertz CT molecular complexity index is 669. The minimum absolute atomic E-state index is 0. The van der Waals surface area contributed by atoms with Gasteiger partial charge in [0.1, 0.15) is 0 Å². The van der Waals surface area contributed by atoms with Crippen LogP contribution in [0.3, 0.4) is 0 Å². The summed E-state index contributed by atoms with van der Waals surface area (Å²) in [6.45, 7) is 7.35. The maximum atomic E-state index is 5.51. The molecule has 1 fully saturated rings. The van der Waals surface area contributed by atoms with Crippen LogP contribution >= 0.6 is 46.7 Å². The Kier molecular flexibility index (Phi) is 9.34. The van der Waals surface area contributed by atoms with Crippen LogP contribution in [0.1, 0.15) is 20.7 Å². The third kappa shape index (κ3) is 6.19. The van der Waals surface area contributed by atoms with Gasteiger partial charge in [0.05, 0.1) is 25.8 Å². The molecule has 2 N–H and O–H groups in total. The van der Waals surface area contributed by atoms with Gasteiger partial charge in [0, 0.05) is 41.3 Å². The molecule has 8 heteroatoms. The number of hydrogen-bond donors (Lipinski definition) is 2. The first kappa shape index (κ1) is 21.6. The van der Waals surface area contributed by atoms with Crippen LogP contribution in [0, 0.1) is 6.92 Å². The molecule has 5 nitrogen and oxygen atoms in total. The van der Waals surface area contributed by atoms with E-state index in [1.54, 1.807) is 0 Å². The van der Waals surface area contributed by atoms with Crippen molar-refractivity contribution in [2.24, 2.45) is 4.99 Å². The van der Waals surface area contributed by atoms with Crippen LogP contribution in [0.25, 0.3) is 0 Å². The van der Waals surface area contributed by atoms with E-state index in [2.05, 4.69) is 57.1 Å². The summed E-state index contributed by atoms with van der Waals surface area (Å²) in [5.74, 6) is 0.848. The highest BCUT2D eigenvalue weighted by atomic mass is 127. The molecule has 1 aliphatic heterocycles. The maximum absolute atomic E-state index is 5.51. The summed E-state index contributed by atoms with van der Waals surface area (Å²) in [7, 11) is 1.82. The van der Waals surface area contributed by atoms with Crippen molar-refractivity contribution >= 4 is 52.6 Å². The normalized spacial score (nSPS) is 16.8. The third-order valence-corrected chi connectivity index (χ3v) is 6.24. The molecule has 144 valence electrons. The van der Waals surface area contributed by atoms with Crippen molar-refractivity contribution in [3.05, 3.63) is 44.3 Å². The van der Waals surface area contributed by atoms with Crippen LogP contribution in [0.2, 0.25) is 0 Å². The predicted octanol–water partition coefficient (Wildman–Crippen LogP) is 3.47. The Hall–Kier alpha value is -0.680. The molecule has 3 heterocycles. The average molecular weight is 506 g/mol. The molecule has 1 atom stereocenters. The number of halogens is 1. The Morgan fingerprint density at radius 3 is 2.69 bits per heavy atom. The number of rotatable bonds is 6. The molecule has 0 aromatic carbocycles. The van der Waals surface area contributed by atoms with Gasteiger partial charge in [-0.15, -0.1) is 46.7 Å². The van der Waals surface area contributed by atoms with Gasteiger partial charge in [-0.05, 0) is 30.5 Å². The van der Waals surface area contributed by atoms with Crippen molar-refractivity contribution in [2.75, 3.05) is 39.9 Å². The fourth-order valence-corrected chi connectivity index (χ4v) is 4.64. The third-order valence-electron chi connectivity index (χ3n) is 4.27. The van der Waals surface area contributed by atoms with Crippen LogP contribution in [0.4, 0.5) is 0 Å². The van der Waals surface area contributed by atoms with E-state index in [1.807, 2.05) is 29.7 Å².